The first-order valence-corrected chi connectivity index (χ1v) is 11.8. The molecule has 1 saturated heterocycles. The molecule has 2 heterocycles. The van der Waals surface area contributed by atoms with Crippen LogP contribution in [0.1, 0.15) is 35.8 Å². The molecule has 32 heavy (non-hydrogen) atoms. The van der Waals surface area contributed by atoms with E-state index in [-0.39, 0.29) is 29.8 Å². The van der Waals surface area contributed by atoms with Crippen molar-refractivity contribution in [1.82, 2.24) is 9.62 Å². The number of amides is 1. The number of sulfonamides is 1. The summed E-state index contributed by atoms with van der Waals surface area (Å²) in [5.41, 5.74) is 1.32. The smallest absolute Gasteiger partial charge is 0.243 e. The summed E-state index contributed by atoms with van der Waals surface area (Å²) in [7, 11) is -3.66. The van der Waals surface area contributed by atoms with Gasteiger partial charge in [0.1, 0.15) is 11.8 Å². The molecule has 8 heteroatoms. The molecule has 1 atom stereocenters. The minimum Gasteiger partial charge on any atom is -0.467 e. The molecule has 3 aromatic rings. The minimum atomic E-state index is -3.66. The summed E-state index contributed by atoms with van der Waals surface area (Å²) >= 11 is 0. The zero-order valence-electron chi connectivity index (χ0n) is 17.3. The Balaban J connectivity index is 1.42. The first-order valence-electron chi connectivity index (χ1n) is 10.4. The summed E-state index contributed by atoms with van der Waals surface area (Å²) in [4.78, 5) is 13.2. The summed E-state index contributed by atoms with van der Waals surface area (Å²) in [5.74, 6) is 0.236. The largest absolute Gasteiger partial charge is 0.467 e. The highest BCUT2D eigenvalue weighted by atomic mass is 32.2. The number of nitrogens with one attached hydrogen (secondary N) is 1. The lowest BCUT2D eigenvalue weighted by Gasteiger charge is -2.31. The molecule has 1 aliphatic heterocycles. The van der Waals surface area contributed by atoms with Crippen molar-refractivity contribution in [1.29, 1.82) is 5.26 Å². The van der Waals surface area contributed by atoms with E-state index < -0.39 is 16.1 Å². The van der Waals surface area contributed by atoms with E-state index in [1.807, 2.05) is 42.5 Å². The lowest BCUT2D eigenvalue weighted by molar-refractivity contribution is -0.126. The fraction of sp³-hybridized carbons (Fsp3) is 0.250. The first-order chi connectivity index (χ1) is 15.5. The van der Waals surface area contributed by atoms with Crippen molar-refractivity contribution in [3.63, 3.8) is 0 Å². The molecule has 1 N–H and O–H groups in total. The van der Waals surface area contributed by atoms with Gasteiger partial charge in [0.25, 0.3) is 0 Å². The van der Waals surface area contributed by atoms with Gasteiger partial charge in [-0.3, -0.25) is 4.79 Å². The van der Waals surface area contributed by atoms with E-state index in [1.54, 1.807) is 12.3 Å². The fourth-order valence-corrected chi connectivity index (χ4v) is 5.36. The van der Waals surface area contributed by atoms with Crippen LogP contribution in [0.2, 0.25) is 0 Å². The lowest BCUT2D eigenvalue weighted by atomic mass is 9.95. The molecule has 2 aromatic carbocycles. The zero-order chi connectivity index (χ0) is 22.6. The van der Waals surface area contributed by atoms with Crippen LogP contribution in [0.15, 0.2) is 82.3 Å². The number of carbonyl (C=O) groups is 1. The summed E-state index contributed by atoms with van der Waals surface area (Å²) in [6.45, 7) is 0.522. The highest BCUT2D eigenvalue weighted by molar-refractivity contribution is 7.89. The number of benzene rings is 2. The van der Waals surface area contributed by atoms with Crippen molar-refractivity contribution < 1.29 is 17.6 Å². The predicted octanol–water partition coefficient (Wildman–Crippen LogP) is 3.46. The van der Waals surface area contributed by atoms with Gasteiger partial charge in [-0.05, 0) is 54.8 Å². The quantitative estimate of drug-likeness (QED) is 0.621. The second-order valence-electron chi connectivity index (χ2n) is 7.68. The second-order valence-corrected chi connectivity index (χ2v) is 9.62. The van der Waals surface area contributed by atoms with Crippen LogP contribution in [-0.4, -0.2) is 31.7 Å². The lowest BCUT2D eigenvalue weighted by Crippen LogP contribution is -2.43. The average molecular weight is 450 g/mol. The second kappa shape index (κ2) is 9.39. The molecule has 1 unspecified atom stereocenters. The number of furan rings is 1. The van der Waals surface area contributed by atoms with Gasteiger partial charge in [-0.2, -0.15) is 9.57 Å². The average Bonchev–Trinajstić information content (AvgIpc) is 3.38. The van der Waals surface area contributed by atoms with Gasteiger partial charge in [0.05, 0.1) is 22.8 Å². The van der Waals surface area contributed by atoms with E-state index in [0.29, 0.717) is 24.2 Å². The molecule has 1 amide bonds. The van der Waals surface area contributed by atoms with E-state index in [0.717, 1.165) is 5.56 Å². The zero-order valence-corrected chi connectivity index (χ0v) is 18.2. The summed E-state index contributed by atoms with van der Waals surface area (Å²) in [6, 6.07) is 20.6. The number of hydrogen-bond acceptors (Lipinski definition) is 5. The molecular weight excluding hydrogens is 426 g/mol. The molecule has 0 saturated carbocycles. The van der Waals surface area contributed by atoms with E-state index in [9.17, 15) is 13.2 Å². The van der Waals surface area contributed by atoms with Gasteiger partial charge in [0, 0.05) is 19.0 Å². The Bertz CT molecular complexity index is 1190. The third-order valence-electron chi connectivity index (χ3n) is 5.69. The number of carbonyl (C=O) groups excluding carboxylic acids is 1. The SMILES string of the molecule is N#Cc1ccc(S(=O)(=O)N2CCC(C(=O)NC(c3ccccc3)c3ccco3)CC2)cc1. The monoisotopic (exact) mass is 449 g/mol. The topological polar surface area (TPSA) is 103 Å². The Hall–Kier alpha value is -3.41. The highest BCUT2D eigenvalue weighted by Crippen LogP contribution is 2.27. The molecule has 0 radical (unpaired) electrons. The first kappa shape index (κ1) is 21.8. The number of piperidine rings is 1. The molecule has 164 valence electrons. The van der Waals surface area contributed by atoms with Crippen molar-refractivity contribution in [3.05, 3.63) is 89.9 Å². The minimum absolute atomic E-state index is 0.120. The molecule has 0 aliphatic carbocycles. The Morgan fingerprint density at radius 3 is 2.31 bits per heavy atom. The molecule has 1 aliphatic rings. The Morgan fingerprint density at radius 1 is 1.03 bits per heavy atom. The van der Waals surface area contributed by atoms with Crippen LogP contribution < -0.4 is 5.32 Å². The van der Waals surface area contributed by atoms with E-state index in [4.69, 9.17) is 9.68 Å². The molecule has 4 rings (SSSR count). The van der Waals surface area contributed by atoms with Gasteiger partial charge >= 0.3 is 0 Å². The summed E-state index contributed by atoms with van der Waals surface area (Å²) < 4.78 is 32.8. The van der Waals surface area contributed by atoms with Gasteiger partial charge in [0.2, 0.25) is 15.9 Å². The molecular formula is C24H23N3O4S. The maximum absolute atomic E-state index is 13.0. The fourth-order valence-electron chi connectivity index (χ4n) is 3.89. The third kappa shape index (κ3) is 4.59. The van der Waals surface area contributed by atoms with Crippen LogP contribution in [0.5, 0.6) is 0 Å². The molecule has 0 bridgehead atoms. The standard InChI is InChI=1S/C24H23N3O4S/c25-17-18-8-10-21(11-9-18)32(29,30)27-14-12-20(13-15-27)24(28)26-23(22-7-4-16-31-22)19-5-2-1-3-6-19/h1-11,16,20,23H,12-15H2,(H,26,28). The number of hydrogen-bond donors (Lipinski definition) is 1. The third-order valence-corrected chi connectivity index (χ3v) is 7.61. The van der Waals surface area contributed by atoms with Crippen LogP contribution in [0.25, 0.3) is 0 Å². The van der Waals surface area contributed by atoms with Crippen LogP contribution in [0, 0.1) is 17.2 Å². The summed E-state index contributed by atoms with van der Waals surface area (Å²) in [5, 5.41) is 12.0. The van der Waals surface area contributed by atoms with E-state index >= 15 is 0 Å². The molecule has 7 nitrogen and oxygen atoms in total. The Kier molecular flexibility index (Phi) is 6.40. The van der Waals surface area contributed by atoms with Gasteiger partial charge < -0.3 is 9.73 Å². The van der Waals surface area contributed by atoms with Gasteiger partial charge in [-0.15, -0.1) is 0 Å². The number of nitrogens with zero attached hydrogens (tertiary/aromatic N) is 2. The Labute approximate surface area is 187 Å². The predicted molar refractivity (Wildman–Crippen MR) is 118 cm³/mol. The van der Waals surface area contributed by atoms with Crippen molar-refractivity contribution in [3.8, 4) is 6.07 Å². The van der Waals surface area contributed by atoms with Crippen LogP contribution in [-0.2, 0) is 14.8 Å². The van der Waals surface area contributed by atoms with E-state index in [2.05, 4.69) is 5.32 Å². The van der Waals surface area contributed by atoms with Gasteiger partial charge in [-0.25, -0.2) is 8.42 Å². The number of nitriles is 1. The summed E-state index contributed by atoms with van der Waals surface area (Å²) in [6.07, 6.45) is 2.44. The van der Waals surface area contributed by atoms with Crippen molar-refractivity contribution in [2.45, 2.75) is 23.8 Å². The van der Waals surface area contributed by atoms with Crippen LogP contribution >= 0.6 is 0 Å². The molecule has 1 aromatic heterocycles. The molecule has 1 fully saturated rings. The van der Waals surface area contributed by atoms with Crippen LogP contribution in [0.4, 0.5) is 0 Å². The Morgan fingerprint density at radius 2 is 1.72 bits per heavy atom. The van der Waals surface area contributed by atoms with Gasteiger partial charge in [-0.1, -0.05) is 30.3 Å². The van der Waals surface area contributed by atoms with Crippen molar-refractivity contribution in [2.24, 2.45) is 5.92 Å². The maximum atomic E-state index is 13.0. The van der Waals surface area contributed by atoms with Gasteiger partial charge in [0.15, 0.2) is 0 Å². The van der Waals surface area contributed by atoms with Crippen molar-refractivity contribution in [2.75, 3.05) is 13.1 Å². The molecule has 0 spiro atoms. The maximum Gasteiger partial charge on any atom is 0.243 e. The normalized spacial score (nSPS) is 16.2. The highest BCUT2D eigenvalue weighted by Gasteiger charge is 2.33. The number of rotatable bonds is 6. The van der Waals surface area contributed by atoms with Crippen molar-refractivity contribution >= 4 is 15.9 Å². The van der Waals surface area contributed by atoms with Crippen LogP contribution in [0.3, 0.4) is 0 Å². The van der Waals surface area contributed by atoms with E-state index in [1.165, 1.54) is 28.6 Å².